The fourth-order valence-corrected chi connectivity index (χ4v) is 2.49. The summed E-state index contributed by atoms with van der Waals surface area (Å²) in [6.45, 7) is 1.89. The molecule has 1 aromatic rings. The zero-order chi connectivity index (χ0) is 14.4. The van der Waals surface area contributed by atoms with E-state index in [9.17, 15) is 9.90 Å². The number of ether oxygens (including phenoxy) is 3. The number of aliphatic hydroxyl groups excluding tert-OH is 1. The van der Waals surface area contributed by atoms with E-state index < -0.39 is 12.1 Å². The Bertz CT molecular complexity index is 447. The van der Waals surface area contributed by atoms with Gasteiger partial charge in [-0.15, -0.1) is 11.8 Å². The molecule has 1 rings (SSSR count). The molecular weight excluding hydrogens is 268 g/mol. The molecule has 0 saturated carbocycles. The largest absolute Gasteiger partial charge is 0.496 e. The van der Waals surface area contributed by atoms with Crippen molar-refractivity contribution >= 4 is 17.7 Å². The number of carbonyl (C=O) groups excluding carboxylic acids is 1. The molecule has 1 atom stereocenters. The number of thioether (sulfide) groups is 1. The summed E-state index contributed by atoms with van der Waals surface area (Å²) in [4.78, 5) is 12.4. The highest BCUT2D eigenvalue weighted by molar-refractivity contribution is 7.98. The van der Waals surface area contributed by atoms with Gasteiger partial charge in [-0.1, -0.05) is 0 Å². The van der Waals surface area contributed by atoms with Gasteiger partial charge in [0.2, 0.25) is 0 Å². The number of rotatable bonds is 6. The van der Waals surface area contributed by atoms with Gasteiger partial charge >= 0.3 is 5.97 Å². The third kappa shape index (κ3) is 3.33. The smallest absolute Gasteiger partial charge is 0.339 e. The Morgan fingerprint density at radius 2 is 1.89 bits per heavy atom. The van der Waals surface area contributed by atoms with Crippen molar-refractivity contribution < 1.29 is 24.1 Å². The Morgan fingerprint density at radius 3 is 2.37 bits per heavy atom. The van der Waals surface area contributed by atoms with Crippen molar-refractivity contribution in [1.82, 2.24) is 0 Å². The van der Waals surface area contributed by atoms with E-state index in [1.807, 2.05) is 6.26 Å². The molecule has 0 aliphatic rings. The Hall–Kier alpha value is -1.40. The number of hydrogen-bond donors (Lipinski definition) is 1. The normalized spacial score (nSPS) is 11.8. The second-order valence-corrected chi connectivity index (χ2v) is 4.39. The molecule has 0 aliphatic carbocycles. The molecule has 19 heavy (non-hydrogen) atoms. The minimum atomic E-state index is -1.40. The first-order valence-electron chi connectivity index (χ1n) is 5.74. The van der Waals surface area contributed by atoms with Crippen LogP contribution in [0.2, 0.25) is 0 Å². The van der Waals surface area contributed by atoms with Gasteiger partial charge in [-0.25, -0.2) is 4.79 Å². The van der Waals surface area contributed by atoms with Crippen LogP contribution < -0.4 is 9.47 Å². The van der Waals surface area contributed by atoms with Crippen LogP contribution >= 0.6 is 11.8 Å². The van der Waals surface area contributed by atoms with Gasteiger partial charge in [0.1, 0.15) is 11.5 Å². The molecule has 0 bridgehead atoms. The van der Waals surface area contributed by atoms with E-state index in [0.717, 1.165) is 0 Å². The average molecular weight is 286 g/mol. The van der Waals surface area contributed by atoms with Crippen molar-refractivity contribution in [2.24, 2.45) is 0 Å². The maximum Gasteiger partial charge on any atom is 0.339 e. The van der Waals surface area contributed by atoms with Crippen molar-refractivity contribution in [3.63, 3.8) is 0 Å². The number of esters is 1. The molecule has 0 radical (unpaired) electrons. The first kappa shape index (κ1) is 15.7. The zero-order valence-electron chi connectivity index (χ0n) is 11.4. The highest BCUT2D eigenvalue weighted by Gasteiger charge is 2.27. The van der Waals surface area contributed by atoms with Crippen LogP contribution in [0.3, 0.4) is 0 Å². The zero-order valence-corrected chi connectivity index (χ0v) is 12.2. The third-order valence-electron chi connectivity index (χ3n) is 2.55. The van der Waals surface area contributed by atoms with Crippen LogP contribution in [0.25, 0.3) is 0 Å². The van der Waals surface area contributed by atoms with Gasteiger partial charge in [0.15, 0.2) is 6.10 Å². The van der Waals surface area contributed by atoms with Crippen molar-refractivity contribution in [2.75, 3.05) is 27.1 Å². The Labute approximate surface area is 116 Å². The predicted octanol–water partition coefficient (Wildman–Crippen LogP) is 2.02. The highest BCUT2D eigenvalue weighted by Crippen LogP contribution is 2.40. The van der Waals surface area contributed by atoms with Crippen molar-refractivity contribution in [3.8, 4) is 11.5 Å². The molecule has 6 heteroatoms. The third-order valence-corrected chi connectivity index (χ3v) is 3.38. The van der Waals surface area contributed by atoms with E-state index in [2.05, 4.69) is 0 Å². The SMILES string of the molecule is CCOC(=O)C(O)c1c(OC)ccc(OC)c1SC. The van der Waals surface area contributed by atoms with E-state index in [1.54, 1.807) is 19.1 Å². The van der Waals surface area contributed by atoms with Crippen LogP contribution in [0.1, 0.15) is 18.6 Å². The maximum absolute atomic E-state index is 11.7. The molecule has 0 aliphatic heterocycles. The topological polar surface area (TPSA) is 65.0 Å². The molecule has 0 fully saturated rings. The summed E-state index contributed by atoms with van der Waals surface area (Å²) in [5.41, 5.74) is 0.368. The molecule has 0 heterocycles. The Morgan fingerprint density at radius 1 is 1.32 bits per heavy atom. The van der Waals surface area contributed by atoms with Crippen molar-refractivity contribution in [1.29, 1.82) is 0 Å². The van der Waals surface area contributed by atoms with E-state index in [4.69, 9.17) is 14.2 Å². The number of hydrogen-bond acceptors (Lipinski definition) is 6. The fourth-order valence-electron chi connectivity index (χ4n) is 1.71. The van der Waals surface area contributed by atoms with Crippen LogP contribution in [-0.4, -0.2) is 38.2 Å². The van der Waals surface area contributed by atoms with Gasteiger partial charge in [0, 0.05) is 0 Å². The summed E-state index contributed by atoms with van der Waals surface area (Å²) >= 11 is 1.37. The van der Waals surface area contributed by atoms with Gasteiger partial charge in [-0.2, -0.15) is 0 Å². The van der Waals surface area contributed by atoms with E-state index >= 15 is 0 Å². The molecule has 1 unspecified atom stereocenters. The van der Waals surface area contributed by atoms with E-state index in [1.165, 1.54) is 26.0 Å². The first-order chi connectivity index (χ1) is 9.10. The second-order valence-electron chi connectivity index (χ2n) is 3.57. The summed E-state index contributed by atoms with van der Waals surface area (Å²) in [5.74, 6) is 0.293. The minimum Gasteiger partial charge on any atom is -0.496 e. The van der Waals surface area contributed by atoms with Gasteiger partial charge in [-0.3, -0.25) is 0 Å². The second kappa shape index (κ2) is 7.25. The Balaban J connectivity index is 3.32. The molecule has 1 N–H and O–H groups in total. The van der Waals surface area contributed by atoms with Crippen molar-refractivity contribution in [3.05, 3.63) is 17.7 Å². The molecule has 1 aromatic carbocycles. The van der Waals surface area contributed by atoms with Gasteiger partial charge in [0.25, 0.3) is 0 Å². The molecule has 0 spiro atoms. The summed E-state index contributed by atoms with van der Waals surface area (Å²) in [6.07, 6.45) is 0.436. The summed E-state index contributed by atoms with van der Waals surface area (Å²) in [5, 5.41) is 10.1. The average Bonchev–Trinajstić information content (AvgIpc) is 2.44. The monoisotopic (exact) mass is 286 g/mol. The van der Waals surface area contributed by atoms with Crippen LogP contribution in [-0.2, 0) is 9.53 Å². The van der Waals surface area contributed by atoms with E-state index in [0.29, 0.717) is 22.0 Å². The maximum atomic E-state index is 11.7. The number of benzene rings is 1. The quantitative estimate of drug-likeness (QED) is 0.637. The molecule has 106 valence electrons. The standard InChI is InChI=1S/C13H18O5S/c1-5-18-13(15)11(14)10-8(16-2)6-7-9(17-3)12(10)19-4/h6-7,11,14H,5H2,1-4H3. The van der Waals surface area contributed by atoms with Crippen LogP contribution in [0.15, 0.2) is 17.0 Å². The highest BCUT2D eigenvalue weighted by atomic mass is 32.2. The molecule has 0 aromatic heterocycles. The molecule has 0 amide bonds. The van der Waals surface area contributed by atoms with Crippen LogP contribution in [0.4, 0.5) is 0 Å². The molecule has 5 nitrogen and oxygen atoms in total. The lowest BCUT2D eigenvalue weighted by Gasteiger charge is -2.19. The van der Waals surface area contributed by atoms with E-state index in [-0.39, 0.29) is 6.61 Å². The lowest BCUT2D eigenvalue weighted by atomic mass is 10.1. The lowest BCUT2D eigenvalue weighted by molar-refractivity contribution is -0.153. The van der Waals surface area contributed by atoms with Crippen LogP contribution in [0.5, 0.6) is 11.5 Å². The van der Waals surface area contributed by atoms with Gasteiger partial charge < -0.3 is 19.3 Å². The van der Waals surface area contributed by atoms with Gasteiger partial charge in [-0.05, 0) is 25.3 Å². The molecule has 0 saturated heterocycles. The summed E-state index contributed by atoms with van der Waals surface area (Å²) < 4.78 is 15.3. The Kier molecular flexibility index (Phi) is 5.98. The lowest BCUT2D eigenvalue weighted by Crippen LogP contribution is -2.17. The first-order valence-corrected chi connectivity index (χ1v) is 6.96. The summed E-state index contributed by atoms with van der Waals surface area (Å²) in [7, 11) is 3.01. The predicted molar refractivity (Wildman–Crippen MR) is 72.9 cm³/mol. The number of methoxy groups -OCH3 is 2. The molecular formula is C13H18O5S. The van der Waals surface area contributed by atoms with Crippen LogP contribution in [0, 0.1) is 0 Å². The fraction of sp³-hybridized carbons (Fsp3) is 0.462. The number of aliphatic hydroxyl groups is 1. The van der Waals surface area contributed by atoms with Crippen molar-refractivity contribution in [2.45, 2.75) is 17.9 Å². The minimum absolute atomic E-state index is 0.205. The van der Waals surface area contributed by atoms with Gasteiger partial charge in [0.05, 0.1) is 31.3 Å². The number of carbonyl (C=O) groups is 1. The summed E-state index contributed by atoms with van der Waals surface area (Å²) in [6, 6.07) is 3.38.